The van der Waals surface area contributed by atoms with Crippen molar-refractivity contribution in [1.29, 1.82) is 0 Å². The molecular formula is C15H19NO5. The maximum Gasteiger partial charge on any atom is 0.407 e. The van der Waals surface area contributed by atoms with Crippen LogP contribution in [0.1, 0.15) is 18.4 Å². The van der Waals surface area contributed by atoms with E-state index in [1.807, 2.05) is 30.3 Å². The summed E-state index contributed by atoms with van der Waals surface area (Å²) < 4.78 is 10.3. The lowest BCUT2D eigenvalue weighted by atomic mass is 10.0. The summed E-state index contributed by atoms with van der Waals surface area (Å²) >= 11 is 0. The maximum absolute atomic E-state index is 11.8. The Labute approximate surface area is 123 Å². The summed E-state index contributed by atoms with van der Waals surface area (Å²) in [7, 11) is 1.54. The summed E-state index contributed by atoms with van der Waals surface area (Å²) in [6, 6.07) is 8.84. The van der Waals surface area contributed by atoms with Crippen LogP contribution in [0.5, 0.6) is 0 Å². The van der Waals surface area contributed by atoms with Crippen molar-refractivity contribution in [3.8, 4) is 0 Å². The van der Waals surface area contributed by atoms with Gasteiger partial charge in [-0.2, -0.15) is 0 Å². The third-order valence-electron chi connectivity index (χ3n) is 3.69. The number of benzene rings is 1. The fraction of sp³-hybridized carbons (Fsp3) is 0.467. The van der Waals surface area contributed by atoms with E-state index in [1.54, 1.807) is 7.11 Å². The Morgan fingerprint density at radius 3 is 2.62 bits per heavy atom. The average molecular weight is 293 g/mol. The van der Waals surface area contributed by atoms with Crippen LogP contribution in [0.3, 0.4) is 0 Å². The van der Waals surface area contributed by atoms with Gasteiger partial charge in [0.05, 0.1) is 12.0 Å². The van der Waals surface area contributed by atoms with Gasteiger partial charge in [0, 0.05) is 13.2 Å². The van der Waals surface area contributed by atoms with Crippen molar-refractivity contribution in [2.45, 2.75) is 31.6 Å². The third kappa shape index (κ3) is 4.19. The Hall–Kier alpha value is -2.08. The lowest BCUT2D eigenvalue weighted by Crippen LogP contribution is -2.40. The highest BCUT2D eigenvalue weighted by Crippen LogP contribution is 2.28. The second kappa shape index (κ2) is 7.08. The third-order valence-corrected chi connectivity index (χ3v) is 3.69. The molecule has 0 heterocycles. The first-order valence-corrected chi connectivity index (χ1v) is 6.83. The van der Waals surface area contributed by atoms with E-state index in [2.05, 4.69) is 5.32 Å². The minimum Gasteiger partial charge on any atom is -0.481 e. The summed E-state index contributed by atoms with van der Waals surface area (Å²) in [6.45, 7) is 0.158. The second-order valence-electron chi connectivity index (χ2n) is 5.09. The van der Waals surface area contributed by atoms with Gasteiger partial charge in [0.15, 0.2) is 0 Å². The van der Waals surface area contributed by atoms with Crippen molar-refractivity contribution < 1.29 is 24.2 Å². The molecule has 1 amide bonds. The summed E-state index contributed by atoms with van der Waals surface area (Å²) in [5.74, 6) is -1.57. The molecule has 0 unspecified atom stereocenters. The van der Waals surface area contributed by atoms with E-state index in [-0.39, 0.29) is 12.7 Å². The Morgan fingerprint density at radius 2 is 2.00 bits per heavy atom. The van der Waals surface area contributed by atoms with Crippen molar-refractivity contribution in [3.05, 3.63) is 35.9 Å². The zero-order valence-corrected chi connectivity index (χ0v) is 11.8. The molecule has 1 aliphatic rings. The molecule has 1 fully saturated rings. The zero-order valence-electron chi connectivity index (χ0n) is 11.8. The smallest absolute Gasteiger partial charge is 0.407 e. The number of ether oxygens (including phenoxy) is 2. The molecule has 0 spiro atoms. The molecule has 0 aromatic heterocycles. The standard InChI is InChI=1S/C15H19NO5/c1-20-11-7-12(14(17)18)13(8-11)16-15(19)21-9-10-5-3-2-4-6-10/h2-6,11-13H,7-9H2,1H3,(H,16,19)(H,17,18)/t11-,12-,13+/m1/s1. The normalized spacial score (nSPS) is 24.5. The van der Waals surface area contributed by atoms with Crippen molar-refractivity contribution in [2.24, 2.45) is 5.92 Å². The van der Waals surface area contributed by atoms with Crippen LogP contribution >= 0.6 is 0 Å². The van der Waals surface area contributed by atoms with Gasteiger partial charge < -0.3 is 19.9 Å². The lowest BCUT2D eigenvalue weighted by Gasteiger charge is -2.17. The number of hydrogen-bond acceptors (Lipinski definition) is 4. The van der Waals surface area contributed by atoms with E-state index >= 15 is 0 Å². The predicted octanol–water partition coefficient (Wildman–Crippen LogP) is 1.79. The fourth-order valence-electron chi connectivity index (χ4n) is 2.53. The van der Waals surface area contributed by atoms with Gasteiger partial charge in [-0.1, -0.05) is 30.3 Å². The molecule has 6 heteroatoms. The number of aliphatic carboxylic acids is 1. The van der Waals surface area contributed by atoms with E-state index in [0.717, 1.165) is 5.56 Å². The molecule has 2 rings (SSSR count). The van der Waals surface area contributed by atoms with Crippen LogP contribution in [-0.4, -0.2) is 36.4 Å². The van der Waals surface area contributed by atoms with Crippen molar-refractivity contribution in [1.82, 2.24) is 5.32 Å². The van der Waals surface area contributed by atoms with Crippen LogP contribution in [0.25, 0.3) is 0 Å². The summed E-state index contributed by atoms with van der Waals surface area (Å²) in [5, 5.41) is 11.8. The van der Waals surface area contributed by atoms with Gasteiger partial charge in [-0.05, 0) is 18.4 Å². The molecule has 114 valence electrons. The van der Waals surface area contributed by atoms with Crippen LogP contribution in [0.2, 0.25) is 0 Å². The number of amides is 1. The average Bonchev–Trinajstić information content (AvgIpc) is 2.89. The molecule has 0 saturated heterocycles. The van der Waals surface area contributed by atoms with E-state index < -0.39 is 24.0 Å². The molecule has 1 aromatic carbocycles. The molecule has 2 N–H and O–H groups in total. The van der Waals surface area contributed by atoms with Gasteiger partial charge in [0.1, 0.15) is 6.61 Å². The number of carboxylic acids is 1. The minimum atomic E-state index is -0.928. The number of rotatable bonds is 5. The first-order chi connectivity index (χ1) is 10.1. The van der Waals surface area contributed by atoms with Crippen LogP contribution in [0.15, 0.2) is 30.3 Å². The number of nitrogens with one attached hydrogen (secondary N) is 1. The summed E-state index contributed by atoms with van der Waals surface area (Å²) in [6.07, 6.45) is 0.126. The molecule has 0 radical (unpaired) electrons. The predicted molar refractivity (Wildman–Crippen MR) is 74.7 cm³/mol. The monoisotopic (exact) mass is 293 g/mol. The maximum atomic E-state index is 11.8. The summed E-state index contributed by atoms with van der Waals surface area (Å²) in [4.78, 5) is 23.0. The lowest BCUT2D eigenvalue weighted by molar-refractivity contribution is -0.142. The molecule has 21 heavy (non-hydrogen) atoms. The zero-order chi connectivity index (χ0) is 15.2. The number of carbonyl (C=O) groups excluding carboxylic acids is 1. The largest absolute Gasteiger partial charge is 0.481 e. The van der Waals surface area contributed by atoms with Crippen LogP contribution in [0.4, 0.5) is 4.79 Å². The Morgan fingerprint density at radius 1 is 1.29 bits per heavy atom. The molecule has 6 nitrogen and oxygen atoms in total. The van der Waals surface area contributed by atoms with Crippen LogP contribution < -0.4 is 5.32 Å². The molecule has 1 aromatic rings. The SMILES string of the molecule is CO[C@H]1C[C@H](NC(=O)OCc2ccccc2)[C@H](C(=O)O)C1. The Kier molecular flexibility index (Phi) is 5.16. The van der Waals surface area contributed by atoms with E-state index in [9.17, 15) is 14.7 Å². The molecule has 1 saturated carbocycles. The Bertz CT molecular complexity index is 490. The van der Waals surface area contributed by atoms with Gasteiger partial charge in [-0.15, -0.1) is 0 Å². The second-order valence-corrected chi connectivity index (χ2v) is 5.09. The number of carbonyl (C=O) groups is 2. The van der Waals surface area contributed by atoms with E-state index in [0.29, 0.717) is 12.8 Å². The van der Waals surface area contributed by atoms with Crippen LogP contribution in [-0.2, 0) is 20.9 Å². The first kappa shape index (κ1) is 15.3. The highest BCUT2D eigenvalue weighted by molar-refractivity contribution is 5.74. The highest BCUT2D eigenvalue weighted by atomic mass is 16.5. The number of carboxylic acid groups (broad SMARTS) is 1. The minimum absolute atomic E-state index is 0.148. The quantitative estimate of drug-likeness (QED) is 0.864. The van der Waals surface area contributed by atoms with Gasteiger partial charge in [-0.25, -0.2) is 4.79 Å². The first-order valence-electron chi connectivity index (χ1n) is 6.83. The highest BCUT2D eigenvalue weighted by Gasteiger charge is 2.40. The molecule has 0 bridgehead atoms. The van der Waals surface area contributed by atoms with E-state index in [4.69, 9.17) is 9.47 Å². The number of methoxy groups -OCH3 is 1. The van der Waals surface area contributed by atoms with Crippen molar-refractivity contribution >= 4 is 12.1 Å². The number of hydrogen-bond donors (Lipinski definition) is 2. The molecular weight excluding hydrogens is 274 g/mol. The Balaban J connectivity index is 1.85. The van der Waals surface area contributed by atoms with Gasteiger partial charge >= 0.3 is 12.1 Å². The topological polar surface area (TPSA) is 84.9 Å². The molecule has 3 atom stereocenters. The summed E-state index contributed by atoms with van der Waals surface area (Å²) in [5.41, 5.74) is 0.878. The van der Waals surface area contributed by atoms with Gasteiger partial charge in [0.2, 0.25) is 0 Å². The molecule has 1 aliphatic carbocycles. The van der Waals surface area contributed by atoms with Crippen LogP contribution in [0, 0.1) is 5.92 Å². The fourth-order valence-corrected chi connectivity index (χ4v) is 2.53. The number of alkyl carbamates (subject to hydrolysis) is 1. The molecule has 0 aliphatic heterocycles. The van der Waals surface area contributed by atoms with Gasteiger partial charge in [0.25, 0.3) is 0 Å². The van der Waals surface area contributed by atoms with E-state index in [1.165, 1.54) is 0 Å². The van der Waals surface area contributed by atoms with Crippen molar-refractivity contribution in [3.63, 3.8) is 0 Å². The van der Waals surface area contributed by atoms with Gasteiger partial charge in [-0.3, -0.25) is 4.79 Å². The van der Waals surface area contributed by atoms with Crippen molar-refractivity contribution in [2.75, 3.05) is 7.11 Å².